The first-order chi connectivity index (χ1) is 8.52. The molecule has 1 rings (SSSR count). The van der Waals surface area contributed by atoms with Crippen LogP contribution in [-0.2, 0) is 4.79 Å². The maximum atomic E-state index is 12.8. The Labute approximate surface area is 102 Å². The second-order valence-corrected chi connectivity index (χ2v) is 3.27. The molecule has 0 aromatic heterocycles. The maximum absolute atomic E-state index is 12.8. The average molecular weight is 255 g/mol. The molecule has 6 heteroatoms. The molecule has 0 fully saturated rings. The highest BCUT2D eigenvalue weighted by molar-refractivity contribution is 5.87. The minimum atomic E-state index is -1.32. The normalized spacial score (nSPS) is 12.3. The van der Waals surface area contributed by atoms with E-state index in [1.54, 1.807) is 0 Å². The van der Waals surface area contributed by atoms with Gasteiger partial charge in [0.1, 0.15) is 24.0 Å². The first kappa shape index (κ1) is 13.7. The van der Waals surface area contributed by atoms with Crippen LogP contribution >= 0.6 is 0 Å². The number of rotatable bonds is 5. The SMILES string of the molecule is N/C=C(F)\C=C(/COc1ccc(F)cc1)C(=O)O. The summed E-state index contributed by atoms with van der Waals surface area (Å²) in [6.45, 7) is -0.359. The van der Waals surface area contributed by atoms with Crippen molar-refractivity contribution < 1.29 is 23.4 Å². The van der Waals surface area contributed by atoms with Crippen LogP contribution < -0.4 is 10.5 Å². The summed E-state index contributed by atoms with van der Waals surface area (Å²) in [5.41, 5.74) is 4.58. The van der Waals surface area contributed by atoms with Gasteiger partial charge in [-0.25, -0.2) is 13.6 Å². The van der Waals surface area contributed by atoms with E-state index in [4.69, 9.17) is 15.6 Å². The fraction of sp³-hybridized carbons (Fsp3) is 0.0833. The van der Waals surface area contributed by atoms with E-state index in [2.05, 4.69) is 0 Å². The Morgan fingerprint density at radius 1 is 1.39 bits per heavy atom. The van der Waals surface area contributed by atoms with Crippen LogP contribution in [0.5, 0.6) is 5.75 Å². The van der Waals surface area contributed by atoms with Crippen molar-refractivity contribution >= 4 is 5.97 Å². The molecular weight excluding hydrogens is 244 g/mol. The Bertz CT molecular complexity index is 481. The lowest BCUT2D eigenvalue weighted by Gasteiger charge is -2.06. The smallest absolute Gasteiger partial charge is 0.335 e. The molecule has 0 unspecified atom stereocenters. The van der Waals surface area contributed by atoms with E-state index < -0.39 is 17.6 Å². The summed E-state index contributed by atoms with van der Waals surface area (Å²) in [7, 11) is 0. The second-order valence-electron chi connectivity index (χ2n) is 3.27. The van der Waals surface area contributed by atoms with Crippen LogP contribution in [0.4, 0.5) is 8.78 Å². The third kappa shape index (κ3) is 4.25. The summed E-state index contributed by atoms with van der Waals surface area (Å²) in [5.74, 6) is -2.36. The van der Waals surface area contributed by atoms with E-state index in [-0.39, 0.29) is 17.9 Å². The number of hydrogen-bond donors (Lipinski definition) is 2. The highest BCUT2D eigenvalue weighted by atomic mass is 19.1. The molecule has 18 heavy (non-hydrogen) atoms. The summed E-state index contributed by atoms with van der Waals surface area (Å²) < 4.78 is 30.5. The highest BCUT2D eigenvalue weighted by Crippen LogP contribution is 2.13. The number of benzene rings is 1. The third-order valence-electron chi connectivity index (χ3n) is 1.95. The molecule has 0 saturated carbocycles. The zero-order valence-electron chi connectivity index (χ0n) is 9.27. The maximum Gasteiger partial charge on any atom is 0.335 e. The third-order valence-corrected chi connectivity index (χ3v) is 1.95. The second kappa shape index (κ2) is 6.39. The van der Waals surface area contributed by atoms with Crippen LogP contribution in [0, 0.1) is 5.82 Å². The Kier molecular flexibility index (Phi) is 4.86. The molecule has 0 atom stereocenters. The lowest BCUT2D eigenvalue weighted by atomic mass is 10.2. The zero-order valence-corrected chi connectivity index (χ0v) is 9.27. The van der Waals surface area contributed by atoms with Crippen molar-refractivity contribution in [2.75, 3.05) is 6.61 Å². The largest absolute Gasteiger partial charge is 0.489 e. The van der Waals surface area contributed by atoms with Crippen molar-refractivity contribution in [2.24, 2.45) is 5.73 Å². The van der Waals surface area contributed by atoms with Crippen molar-refractivity contribution in [1.29, 1.82) is 0 Å². The van der Waals surface area contributed by atoms with Gasteiger partial charge in [-0.3, -0.25) is 0 Å². The van der Waals surface area contributed by atoms with Gasteiger partial charge in [0.15, 0.2) is 0 Å². The van der Waals surface area contributed by atoms with Gasteiger partial charge in [0.25, 0.3) is 0 Å². The Morgan fingerprint density at radius 3 is 2.50 bits per heavy atom. The van der Waals surface area contributed by atoms with Crippen molar-refractivity contribution in [3.8, 4) is 5.75 Å². The van der Waals surface area contributed by atoms with E-state index in [9.17, 15) is 13.6 Å². The predicted molar refractivity (Wildman–Crippen MR) is 61.0 cm³/mol. The topological polar surface area (TPSA) is 72.5 Å². The predicted octanol–water partition coefficient (Wildman–Crippen LogP) is 1.99. The minimum absolute atomic E-state index is 0.278. The van der Waals surface area contributed by atoms with Gasteiger partial charge < -0.3 is 15.6 Å². The minimum Gasteiger partial charge on any atom is -0.489 e. The molecule has 3 N–H and O–H groups in total. The first-order valence-electron chi connectivity index (χ1n) is 4.92. The fourth-order valence-corrected chi connectivity index (χ4v) is 1.07. The van der Waals surface area contributed by atoms with Gasteiger partial charge in [-0.2, -0.15) is 0 Å². The molecular formula is C12H11F2NO3. The van der Waals surface area contributed by atoms with Crippen LogP contribution in [-0.4, -0.2) is 17.7 Å². The molecule has 1 aromatic rings. The molecule has 0 radical (unpaired) electrons. The number of aliphatic carboxylic acids is 1. The highest BCUT2D eigenvalue weighted by Gasteiger charge is 2.09. The molecule has 0 aliphatic heterocycles. The van der Waals surface area contributed by atoms with E-state index in [1.165, 1.54) is 24.3 Å². The van der Waals surface area contributed by atoms with Crippen molar-refractivity contribution in [3.05, 3.63) is 53.8 Å². The number of carbonyl (C=O) groups is 1. The molecule has 0 aliphatic rings. The zero-order chi connectivity index (χ0) is 13.5. The lowest BCUT2D eigenvalue weighted by molar-refractivity contribution is -0.133. The van der Waals surface area contributed by atoms with Crippen LogP contribution in [0.2, 0.25) is 0 Å². The molecule has 0 aliphatic carbocycles. The van der Waals surface area contributed by atoms with E-state index >= 15 is 0 Å². The Hall–Kier alpha value is -2.37. The van der Waals surface area contributed by atoms with Crippen molar-refractivity contribution in [1.82, 2.24) is 0 Å². The van der Waals surface area contributed by atoms with Crippen LogP contribution in [0.3, 0.4) is 0 Å². The molecule has 0 spiro atoms. The monoisotopic (exact) mass is 255 g/mol. The van der Waals surface area contributed by atoms with Crippen LogP contribution in [0.1, 0.15) is 0 Å². The van der Waals surface area contributed by atoms with Gasteiger partial charge in [0.05, 0.1) is 5.57 Å². The van der Waals surface area contributed by atoms with Crippen molar-refractivity contribution in [3.63, 3.8) is 0 Å². The molecule has 0 heterocycles. The summed E-state index contributed by atoms with van der Waals surface area (Å²) in [5, 5.41) is 8.80. The molecule has 0 bridgehead atoms. The first-order valence-corrected chi connectivity index (χ1v) is 4.92. The standard InChI is InChI=1S/C12H11F2NO3/c13-9-1-3-11(4-2-9)18-7-8(12(16)17)5-10(14)6-15/h1-6H,7,15H2,(H,16,17)/b8-5+,10-6+. The number of ether oxygens (including phenoxy) is 1. The molecule has 1 aromatic carbocycles. The van der Waals surface area contributed by atoms with Gasteiger partial charge in [-0.1, -0.05) is 0 Å². The van der Waals surface area contributed by atoms with Gasteiger partial charge in [-0.05, 0) is 30.3 Å². The van der Waals surface area contributed by atoms with Gasteiger partial charge >= 0.3 is 5.97 Å². The van der Waals surface area contributed by atoms with E-state index in [0.717, 1.165) is 6.08 Å². The quantitative estimate of drug-likeness (QED) is 0.623. The van der Waals surface area contributed by atoms with Crippen molar-refractivity contribution in [2.45, 2.75) is 0 Å². The Balaban J connectivity index is 2.72. The molecule has 0 saturated heterocycles. The van der Waals surface area contributed by atoms with Gasteiger partial charge in [-0.15, -0.1) is 0 Å². The number of halogens is 2. The number of nitrogens with two attached hydrogens (primary N) is 1. The lowest BCUT2D eigenvalue weighted by Crippen LogP contribution is -2.10. The summed E-state index contributed by atoms with van der Waals surface area (Å²) in [4.78, 5) is 10.8. The van der Waals surface area contributed by atoms with Crippen LogP contribution in [0.15, 0.2) is 47.9 Å². The average Bonchev–Trinajstić information content (AvgIpc) is 2.35. The summed E-state index contributed by atoms with van der Waals surface area (Å²) in [6, 6.07) is 5.01. The summed E-state index contributed by atoms with van der Waals surface area (Å²) >= 11 is 0. The van der Waals surface area contributed by atoms with Crippen LogP contribution in [0.25, 0.3) is 0 Å². The molecule has 4 nitrogen and oxygen atoms in total. The fourth-order valence-electron chi connectivity index (χ4n) is 1.07. The van der Waals surface area contributed by atoms with E-state index in [1.807, 2.05) is 0 Å². The number of allylic oxidation sites excluding steroid dienone is 2. The number of carboxylic acid groups (broad SMARTS) is 1. The Morgan fingerprint density at radius 2 is 2.00 bits per heavy atom. The number of carboxylic acids is 1. The van der Waals surface area contributed by atoms with Gasteiger partial charge in [0, 0.05) is 6.20 Å². The number of hydrogen-bond acceptors (Lipinski definition) is 3. The van der Waals surface area contributed by atoms with E-state index in [0.29, 0.717) is 6.20 Å². The molecule has 96 valence electrons. The molecule has 0 amide bonds. The summed E-state index contributed by atoms with van der Waals surface area (Å²) in [6.07, 6.45) is 1.40. The van der Waals surface area contributed by atoms with Gasteiger partial charge in [0.2, 0.25) is 0 Å².